The van der Waals surface area contributed by atoms with Gasteiger partial charge in [0.15, 0.2) is 0 Å². The van der Waals surface area contributed by atoms with Crippen molar-refractivity contribution in [1.82, 2.24) is 0 Å². The topological polar surface area (TPSA) is 20.2 Å². The first-order valence-corrected chi connectivity index (χ1v) is 5.26. The lowest BCUT2D eigenvalue weighted by atomic mass is 9.66. The van der Waals surface area contributed by atoms with Gasteiger partial charge < -0.3 is 5.11 Å². The van der Waals surface area contributed by atoms with E-state index in [4.69, 9.17) is 0 Å². The molecular weight excluding hydrogens is 148 g/mol. The normalized spacial score (nSPS) is 31.5. The van der Waals surface area contributed by atoms with Crippen molar-refractivity contribution in [2.24, 2.45) is 11.3 Å². The molecule has 12 heavy (non-hydrogen) atoms. The van der Waals surface area contributed by atoms with Crippen LogP contribution in [0.1, 0.15) is 52.9 Å². The summed E-state index contributed by atoms with van der Waals surface area (Å²) in [6, 6.07) is 0. The van der Waals surface area contributed by atoms with E-state index in [1.165, 1.54) is 25.7 Å². The minimum absolute atomic E-state index is 0.0692. The molecule has 1 aliphatic carbocycles. The number of hydrogen-bond donors (Lipinski definition) is 1. The van der Waals surface area contributed by atoms with E-state index in [1.54, 1.807) is 0 Å². The molecule has 1 nitrogen and oxygen atoms in total. The second-order valence-electron chi connectivity index (χ2n) is 4.82. The molecule has 0 amide bonds. The summed E-state index contributed by atoms with van der Waals surface area (Å²) >= 11 is 0. The highest BCUT2D eigenvalue weighted by molar-refractivity contribution is 4.86. The molecular formula is C11H22O. The lowest BCUT2D eigenvalue weighted by Crippen LogP contribution is -2.36. The highest BCUT2D eigenvalue weighted by Gasteiger charge is 2.35. The maximum absolute atomic E-state index is 9.82. The van der Waals surface area contributed by atoms with Crippen LogP contribution in [0.3, 0.4) is 0 Å². The van der Waals surface area contributed by atoms with Gasteiger partial charge in [0.1, 0.15) is 0 Å². The van der Waals surface area contributed by atoms with Crippen LogP contribution in [0.25, 0.3) is 0 Å². The lowest BCUT2D eigenvalue weighted by Gasteiger charge is -2.41. The first kappa shape index (κ1) is 10.0. The maximum Gasteiger partial charge on any atom is 0.0570 e. The van der Waals surface area contributed by atoms with Crippen molar-refractivity contribution in [2.45, 2.75) is 59.0 Å². The second-order valence-corrected chi connectivity index (χ2v) is 4.82. The Morgan fingerprint density at radius 1 is 1.42 bits per heavy atom. The molecule has 0 saturated heterocycles. The molecule has 1 fully saturated rings. The molecule has 2 unspecified atom stereocenters. The highest BCUT2D eigenvalue weighted by atomic mass is 16.3. The van der Waals surface area contributed by atoms with Gasteiger partial charge in [-0.25, -0.2) is 0 Å². The summed E-state index contributed by atoms with van der Waals surface area (Å²) in [7, 11) is 0. The Kier molecular flexibility index (Phi) is 3.16. The maximum atomic E-state index is 9.82. The van der Waals surface area contributed by atoms with Gasteiger partial charge in [-0.15, -0.1) is 0 Å². The zero-order chi connectivity index (χ0) is 9.19. The summed E-state index contributed by atoms with van der Waals surface area (Å²) < 4.78 is 0. The lowest BCUT2D eigenvalue weighted by molar-refractivity contribution is 0.00351. The van der Waals surface area contributed by atoms with E-state index in [0.717, 1.165) is 6.42 Å². The predicted molar refractivity (Wildman–Crippen MR) is 52.0 cm³/mol. The van der Waals surface area contributed by atoms with Gasteiger partial charge in [-0.2, -0.15) is 0 Å². The molecule has 0 bridgehead atoms. The van der Waals surface area contributed by atoms with Gasteiger partial charge in [-0.05, 0) is 30.6 Å². The smallest absolute Gasteiger partial charge is 0.0570 e. The molecule has 1 heteroatoms. The van der Waals surface area contributed by atoms with Crippen LogP contribution in [-0.2, 0) is 0 Å². The minimum atomic E-state index is -0.0692. The summed E-state index contributed by atoms with van der Waals surface area (Å²) in [5, 5.41) is 9.82. The number of hydrogen-bond acceptors (Lipinski definition) is 1. The number of aliphatic hydroxyl groups excluding tert-OH is 1. The quantitative estimate of drug-likeness (QED) is 0.675. The third-order valence-electron chi connectivity index (χ3n) is 3.47. The molecule has 1 aliphatic rings. The molecule has 0 aromatic heterocycles. The third kappa shape index (κ3) is 2.01. The van der Waals surface area contributed by atoms with Gasteiger partial charge in [-0.1, -0.05) is 33.6 Å². The van der Waals surface area contributed by atoms with E-state index in [9.17, 15) is 5.11 Å². The van der Waals surface area contributed by atoms with Gasteiger partial charge in [0, 0.05) is 0 Å². The van der Waals surface area contributed by atoms with E-state index < -0.39 is 0 Å². The molecule has 1 saturated carbocycles. The van der Waals surface area contributed by atoms with Gasteiger partial charge in [-0.3, -0.25) is 0 Å². The summed E-state index contributed by atoms with van der Waals surface area (Å²) in [6.45, 7) is 6.68. The monoisotopic (exact) mass is 170 g/mol. The van der Waals surface area contributed by atoms with Crippen molar-refractivity contribution in [3.63, 3.8) is 0 Å². The van der Waals surface area contributed by atoms with Gasteiger partial charge in [0.2, 0.25) is 0 Å². The number of aliphatic hydroxyl groups is 1. The van der Waals surface area contributed by atoms with Gasteiger partial charge in [0.05, 0.1) is 6.10 Å². The summed E-state index contributed by atoms with van der Waals surface area (Å²) in [4.78, 5) is 0. The molecule has 0 spiro atoms. The Hall–Kier alpha value is -0.0400. The van der Waals surface area contributed by atoms with Crippen LogP contribution in [0, 0.1) is 11.3 Å². The fourth-order valence-electron chi connectivity index (χ4n) is 2.52. The summed E-state index contributed by atoms with van der Waals surface area (Å²) in [6.07, 6.45) is 6.01. The van der Waals surface area contributed by atoms with Crippen molar-refractivity contribution in [3.8, 4) is 0 Å². The van der Waals surface area contributed by atoms with Gasteiger partial charge in [0.25, 0.3) is 0 Å². The van der Waals surface area contributed by atoms with E-state index in [2.05, 4.69) is 20.8 Å². The molecule has 2 atom stereocenters. The van der Waals surface area contributed by atoms with Crippen molar-refractivity contribution in [2.75, 3.05) is 0 Å². The Morgan fingerprint density at radius 2 is 2.08 bits per heavy atom. The zero-order valence-electron chi connectivity index (χ0n) is 8.64. The molecule has 0 aromatic rings. The first-order chi connectivity index (χ1) is 5.58. The molecule has 0 radical (unpaired) electrons. The average molecular weight is 170 g/mol. The van der Waals surface area contributed by atoms with Crippen molar-refractivity contribution in [3.05, 3.63) is 0 Å². The first-order valence-electron chi connectivity index (χ1n) is 5.26. The third-order valence-corrected chi connectivity index (χ3v) is 3.47. The van der Waals surface area contributed by atoms with Crippen LogP contribution < -0.4 is 0 Å². The summed E-state index contributed by atoms with van der Waals surface area (Å²) in [5.41, 5.74) is 0.369. The molecule has 1 N–H and O–H groups in total. The van der Waals surface area contributed by atoms with Crippen LogP contribution in [-0.4, -0.2) is 11.2 Å². The highest BCUT2D eigenvalue weighted by Crippen LogP contribution is 2.42. The molecule has 0 heterocycles. The fraction of sp³-hybridized carbons (Fsp3) is 1.00. The second kappa shape index (κ2) is 3.78. The van der Waals surface area contributed by atoms with Crippen LogP contribution in [0.4, 0.5) is 0 Å². The van der Waals surface area contributed by atoms with Crippen molar-refractivity contribution in [1.29, 1.82) is 0 Å². The van der Waals surface area contributed by atoms with E-state index in [-0.39, 0.29) is 6.10 Å². The minimum Gasteiger partial charge on any atom is -0.393 e. The van der Waals surface area contributed by atoms with E-state index >= 15 is 0 Å². The predicted octanol–water partition coefficient (Wildman–Crippen LogP) is 2.97. The van der Waals surface area contributed by atoms with Crippen molar-refractivity contribution < 1.29 is 5.11 Å². The Bertz CT molecular complexity index is 140. The summed E-state index contributed by atoms with van der Waals surface area (Å²) in [5.74, 6) is 0.538. The molecule has 0 aliphatic heterocycles. The standard InChI is InChI=1S/C11H22O/c1-4-10(12)9-7-5-6-8-11(9,2)3/h9-10,12H,4-8H2,1-3H3. The van der Waals surface area contributed by atoms with Crippen LogP contribution in [0.5, 0.6) is 0 Å². The van der Waals surface area contributed by atoms with Gasteiger partial charge >= 0.3 is 0 Å². The van der Waals surface area contributed by atoms with Crippen LogP contribution >= 0.6 is 0 Å². The van der Waals surface area contributed by atoms with Crippen molar-refractivity contribution >= 4 is 0 Å². The zero-order valence-corrected chi connectivity index (χ0v) is 8.64. The average Bonchev–Trinajstić information content (AvgIpc) is 2.02. The van der Waals surface area contributed by atoms with Crippen LogP contribution in [0.15, 0.2) is 0 Å². The SMILES string of the molecule is CCC(O)C1CCCCC1(C)C. The molecule has 0 aromatic carbocycles. The van der Waals surface area contributed by atoms with E-state index in [0.29, 0.717) is 11.3 Å². The fourth-order valence-corrected chi connectivity index (χ4v) is 2.52. The Balaban J connectivity index is 2.59. The Labute approximate surface area is 76.2 Å². The number of rotatable bonds is 2. The molecule has 72 valence electrons. The van der Waals surface area contributed by atoms with E-state index in [1.807, 2.05) is 0 Å². The van der Waals surface area contributed by atoms with Crippen LogP contribution in [0.2, 0.25) is 0 Å². The largest absolute Gasteiger partial charge is 0.393 e. The Morgan fingerprint density at radius 3 is 2.58 bits per heavy atom. The molecule has 1 rings (SSSR count).